The Labute approximate surface area is 99.3 Å². The Morgan fingerprint density at radius 2 is 1.94 bits per heavy atom. The molecular weight excluding hydrogens is 216 g/mol. The maximum atomic E-state index is 11.0. The number of carboxylic acid groups (broad SMARTS) is 1. The van der Waals surface area contributed by atoms with Gasteiger partial charge in [-0.1, -0.05) is 38.1 Å². The van der Waals surface area contributed by atoms with Gasteiger partial charge in [0.25, 0.3) is 0 Å². The number of aromatic nitrogens is 2. The van der Waals surface area contributed by atoms with Gasteiger partial charge in [-0.15, -0.1) is 0 Å². The summed E-state index contributed by atoms with van der Waals surface area (Å²) >= 11 is 0. The highest BCUT2D eigenvalue weighted by atomic mass is 16.4. The van der Waals surface area contributed by atoms with E-state index >= 15 is 0 Å². The van der Waals surface area contributed by atoms with Crippen molar-refractivity contribution in [3.8, 4) is 11.3 Å². The monoisotopic (exact) mass is 230 g/mol. The number of carbonyl (C=O) groups is 1. The van der Waals surface area contributed by atoms with Gasteiger partial charge in [-0.3, -0.25) is 5.10 Å². The minimum absolute atomic E-state index is 0.197. The van der Waals surface area contributed by atoms with Crippen LogP contribution in [0.3, 0.4) is 0 Å². The third-order valence-corrected chi connectivity index (χ3v) is 2.74. The summed E-state index contributed by atoms with van der Waals surface area (Å²) < 4.78 is 0. The minimum Gasteiger partial charge on any atom is -0.478 e. The lowest BCUT2D eigenvalue weighted by Crippen LogP contribution is -1.97. The van der Waals surface area contributed by atoms with Crippen molar-refractivity contribution in [2.24, 2.45) is 0 Å². The van der Waals surface area contributed by atoms with E-state index in [0.717, 1.165) is 5.56 Å². The van der Waals surface area contributed by atoms with Crippen LogP contribution in [-0.4, -0.2) is 21.3 Å². The Morgan fingerprint density at radius 3 is 2.47 bits per heavy atom. The van der Waals surface area contributed by atoms with Gasteiger partial charge >= 0.3 is 5.97 Å². The van der Waals surface area contributed by atoms with Gasteiger partial charge in [-0.2, -0.15) is 5.10 Å². The van der Waals surface area contributed by atoms with Crippen LogP contribution in [0.1, 0.15) is 35.7 Å². The molecule has 0 unspecified atom stereocenters. The maximum Gasteiger partial charge on any atom is 0.339 e. The highest BCUT2D eigenvalue weighted by Gasteiger charge is 2.13. The fourth-order valence-electron chi connectivity index (χ4n) is 1.70. The van der Waals surface area contributed by atoms with Crippen LogP contribution < -0.4 is 0 Å². The molecule has 4 heteroatoms. The van der Waals surface area contributed by atoms with Gasteiger partial charge in [0.05, 0.1) is 11.9 Å². The van der Waals surface area contributed by atoms with E-state index in [1.54, 1.807) is 0 Å². The summed E-state index contributed by atoms with van der Waals surface area (Å²) in [5.41, 5.74) is 2.81. The first-order valence-corrected chi connectivity index (χ1v) is 5.46. The molecule has 0 bridgehead atoms. The van der Waals surface area contributed by atoms with E-state index in [1.807, 2.05) is 24.3 Å². The molecule has 2 N–H and O–H groups in total. The SMILES string of the molecule is CC(C)c1ccc(-c2[nH]ncc2C(=O)O)cc1. The first kappa shape index (κ1) is 11.4. The van der Waals surface area contributed by atoms with E-state index in [0.29, 0.717) is 11.6 Å². The van der Waals surface area contributed by atoms with Crippen molar-refractivity contribution in [3.63, 3.8) is 0 Å². The summed E-state index contributed by atoms with van der Waals surface area (Å²) in [6, 6.07) is 7.84. The highest BCUT2D eigenvalue weighted by Crippen LogP contribution is 2.23. The van der Waals surface area contributed by atoms with Crippen molar-refractivity contribution in [3.05, 3.63) is 41.6 Å². The van der Waals surface area contributed by atoms with Gasteiger partial charge in [0.15, 0.2) is 0 Å². The van der Waals surface area contributed by atoms with E-state index in [4.69, 9.17) is 5.11 Å². The van der Waals surface area contributed by atoms with E-state index in [9.17, 15) is 4.79 Å². The number of benzene rings is 1. The van der Waals surface area contributed by atoms with Crippen LogP contribution >= 0.6 is 0 Å². The van der Waals surface area contributed by atoms with Crippen LogP contribution in [0.4, 0.5) is 0 Å². The van der Waals surface area contributed by atoms with Gasteiger partial charge in [-0.05, 0) is 11.5 Å². The fourth-order valence-corrected chi connectivity index (χ4v) is 1.70. The van der Waals surface area contributed by atoms with Crippen molar-refractivity contribution in [2.45, 2.75) is 19.8 Å². The van der Waals surface area contributed by atoms with Gasteiger partial charge < -0.3 is 5.11 Å². The molecule has 0 aliphatic carbocycles. The fraction of sp³-hybridized carbons (Fsp3) is 0.231. The second kappa shape index (κ2) is 4.41. The smallest absolute Gasteiger partial charge is 0.339 e. The first-order chi connectivity index (χ1) is 8.09. The number of carboxylic acids is 1. The molecule has 17 heavy (non-hydrogen) atoms. The topological polar surface area (TPSA) is 66.0 Å². The average molecular weight is 230 g/mol. The van der Waals surface area contributed by atoms with E-state index in [1.165, 1.54) is 11.8 Å². The molecule has 2 aromatic rings. The molecule has 0 atom stereocenters. The molecular formula is C13H14N2O2. The number of nitrogens with zero attached hydrogens (tertiary/aromatic N) is 1. The van der Waals surface area contributed by atoms with Crippen LogP contribution in [-0.2, 0) is 0 Å². The normalized spacial score (nSPS) is 10.8. The molecule has 0 fully saturated rings. The van der Waals surface area contributed by atoms with Crippen molar-refractivity contribution in [1.82, 2.24) is 10.2 Å². The zero-order valence-corrected chi connectivity index (χ0v) is 9.77. The van der Waals surface area contributed by atoms with Gasteiger partial charge in [0, 0.05) is 5.56 Å². The Kier molecular flexibility index (Phi) is 2.95. The molecule has 0 saturated heterocycles. The lowest BCUT2D eigenvalue weighted by molar-refractivity contribution is 0.0698. The summed E-state index contributed by atoms with van der Waals surface area (Å²) in [5, 5.41) is 15.5. The first-order valence-electron chi connectivity index (χ1n) is 5.46. The number of aromatic carboxylic acids is 1. The lowest BCUT2D eigenvalue weighted by Gasteiger charge is -2.06. The third kappa shape index (κ3) is 2.20. The van der Waals surface area contributed by atoms with Crippen LogP contribution in [0.25, 0.3) is 11.3 Å². The number of rotatable bonds is 3. The van der Waals surface area contributed by atoms with Gasteiger partial charge in [-0.25, -0.2) is 4.79 Å². The molecule has 0 saturated carbocycles. The maximum absolute atomic E-state index is 11.0. The zero-order chi connectivity index (χ0) is 12.4. The van der Waals surface area contributed by atoms with Crippen LogP contribution in [0.2, 0.25) is 0 Å². The van der Waals surface area contributed by atoms with Gasteiger partial charge in [0.1, 0.15) is 5.56 Å². The number of hydrogen-bond donors (Lipinski definition) is 2. The molecule has 1 aromatic carbocycles. The molecule has 0 spiro atoms. The molecule has 0 radical (unpaired) electrons. The van der Waals surface area contributed by atoms with Crippen LogP contribution in [0.15, 0.2) is 30.5 Å². The minimum atomic E-state index is -0.971. The predicted octanol–water partition coefficient (Wildman–Crippen LogP) is 2.90. The quantitative estimate of drug-likeness (QED) is 0.852. The zero-order valence-electron chi connectivity index (χ0n) is 9.77. The molecule has 0 aliphatic heterocycles. The molecule has 1 aromatic heterocycles. The van der Waals surface area contributed by atoms with Gasteiger partial charge in [0.2, 0.25) is 0 Å². The summed E-state index contributed by atoms with van der Waals surface area (Å²) in [6.07, 6.45) is 1.33. The average Bonchev–Trinajstić information content (AvgIpc) is 2.78. The number of nitrogens with one attached hydrogen (secondary N) is 1. The standard InChI is InChI=1S/C13H14N2O2/c1-8(2)9-3-5-10(6-4-9)12-11(13(16)17)7-14-15-12/h3-8H,1-2H3,(H,14,15)(H,16,17). The Bertz CT molecular complexity index is 527. The molecule has 88 valence electrons. The molecule has 0 amide bonds. The molecule has 2 rings (SSSR count). The van der Waals surface area contributed by atoms with E-state index in [-0.39, 0.29) is 5.56 Å². The third-order valence-electron chi connectivity index (χ3n) is 2.74. The number of aromatic amines is 1. The van der Waals surface area contributed by atoms with E-state index < -0.39 is 5.97 Å². The second-order valence-electron chi connectivity index (χ2n) is 4.24. The molecule has 4 nitrogen and oxygen atoms in total. The highest BCUT2D eigenvalue weighted by molar-refractivity contribution is 5.94. The predicted molar refractivity (Wildman–Crippen MR) is 65.1 cm³/mol. The summed E-state index contributed by atoms with van der Waals surface area (Å²) in [7, 11) is 0. The van der Waals surface area contributed by atoms with Crippen molar-refractivity contribution in [1.29, 1.82) is 0 Å². The van der Waals surface area contributed by atoms with Crippen LogP contribution in [0, 0.1) is 0 Å². The van der Waals surface area contributed by atoms with Crippen LogP contribution in [0.5, 0.6) is 0 Å². The van der Waals surface area contributed by atoms with Crippen molar-refractivity contribution in [2.75, 3.05) is 0 Å². The molecule has 0 aliphatic rings. The van der Waals surface area contributed by atoms with Crippen molar-refractivity contribution >= 4 is 5.97 Å². The Morgan fingerprint density at radius 1 is 1.29 bits per heavy atom. The Hall–Kier alpha value is -2.10. The second-order valence-corrected chi connectivity index (χ2v) is 4.24. The largest absolute Gasteiger partial charge is 0.478 e. The summed E-state index contributed by atoms with van der Waals surface area (Å²) in [6.45, 7) is 4.24. The van der Waals surface area contributed by atoms with E-state index in [2.05, 4.69) is 24.0 Å². The number of hydrogen-bond acceptors (Lipinski definition) is 2. The lowest BCUT2D eigenvalue weighted by atomic mass is 10.00. The summed E-state index contributed by atoms with van der Waals surface area (Å²) in [4.78, 5) is 11.0. The Balaban J connectivity index is 2.40. The number of H-pyrrole nitrogens is 1. The summed E-state index contributed by atoms with van der Waals surface area (Å²) in [5.74, 6) is -0.508. The molecule has 1 heterocycles. The van der Waals surface area contributed by atoms with Crippen molar-refractivity contribution < 1.29 is 9.90 Å².